The Hall–Kier alpha value is -6.17. The molecule has 6 aromatic rings. The number of hydrogen-bond acceptors (Lipinski definition) is 7. The first-order chi connectivity index (χ1) is 24.7. The van der Waals surface area contributed by atoms with Gasteiger partial charge in [0.05, 0.1) is 48.5 Å². The number of carbonyl (C=O) groups is 3. The average Bonchev–Trinajstić information content (AvgIpc) is 3.65. The molecule has 2 amide bonds. The number of nitrogens with one attached hydrogen (secondary N) is 2. The van der Waals surface area contributed by atoms with Crippen LogP contribution >= 0.6 is 0 Å². The lowest BCUT2D eigenvalue weighted by molar-refractivity contribution is -0.108. The number of hydrogen-bond donors (Lipinski definition) is 2. The van der Waals surface area contributed by atoms with Crippen molar-refractivity contribution in [2.24, 2.45) is 0 Å². The predicted molar refractivity (Wildman–Crippen MR) is 196 cm³/mol. The molecule has 4 aromatic carbocycles. The lowest BCUT2D eigenvalue weighted by Crippen LogP contribution is -2.29. The molecule has 0 atom stereocenters. The van der Waals surface area contributed by atoms with Gasteiger partial charge in [-0.05, 0) is 61.4 Å². The lowest BCUT2D eigenvalue weighted by Gasteiger charge is -2.16. The van der Waals surface area contributed by atoms with Crippen LogP contribution in [0.1, 0.15) is 31.8 Å². The molecule has 0 unspecified atom stereocenters. The van der Waals surface area contributed by atoms with E-state index in [-0.39, 0.29) is 29.5 Å². The normalized spacial score (nSPS) is 12.7. The number of para-hydroxylation sites is 2. The maximum atomic E-state index is 12.8. The van der Waals surface area contributed by atoms with Gasteiger partial charge in [-0.2, -0.15) is 0 Å². The summed E-state index contributed by atoms with van der Waals surface area (Å²) in [6.45, 7) is 5.14. The van der Waals surface area contributed by atoms with Crippen molar-refractivity contribution in [3.8, 4) is 0 Å². The summed E-state index contributed by atoms with van der Waals surface area (Å²) in [5.74, 6) is -0.668. The molecular formula is C40H36N4O7. The second-order valence-corrected chi connectivity index (χ2v) is 12.0. The van der Waals surface area contributed by atoms with E-state index >= 15 is 0 Å². The Labute approximate surface area is 293 Å². The number of fused-ring (bicyclic) bond motifs is 2. The minimum atomic E-state index is -0.449. The molecule has 51 heavy (non-hydrogen) atoms. The molecule has 0 spiro atoms. The van der Waals surface area contributed by atoms with Crippen LogP contribution in [-0.4, -0.2) is 46.7 Å². The first-order valence-corrected chi connectivity index (χ1v) is 16.4. The van der Waals surface area contributed by atoms with Gasteiger partial charge < -0.3 is 34.0 Å². The van der Waals surface area contributed by atoms with E-state index in [1.807, 2.05) is 74.5 Å². The Morgan fingerprint density at radius 3 is 1.59 bits per heavy atom. The predicted octanol–water partition coefficient (Wildman–Crippen LogP) is 5.70. The molecule has 11 heteroatoms. The summed E-state index contributed by atoms with van der Waals surface area (Å²) in [7, 11) is 0. The highest BCUT2D eigenvalue weighted by atomic mass is 16.7. The van der Waals surface area contributed by atoms with Crippen LogP contribution in [0.25, 0.3) is 21.8 Å². The summed E-state index contributed by atoms with van der Waals surface area (Å²) in [6, 6.07) is 32.1. The van der Waals surface area contributed by atoms with Gasteiger partial charge >= 0.3 is 0 Å². The first kappa shape index (κ1) is 34.7. The zero-order chi connectivity index (χ0) is 35.9. The van der Waals surface area contributed by atoms with Crippen LogP contribution in [-0.2, 0) is 27.4 Å². The van der Waals surface area contributed by atoms with Crippen molar-refractivity contribution in [2.75, 3.05) is 23.8 Å². The number of ether oxygens (including phenoxy) is 2. The molecule has 11 nitrogen and oxygen atoms in total. The molecular weight excluding hydrogens is 648 g/mol. The van der Waals surface area contributed by atoms with Gasteiger partial charge in [0, 0.05) is 34.3 Å². The van der Waals surface area contributed by atoms with Crippen LogP contribution < -0.4 is 21.8 Å². The summed E-state index contributed by atoms with van der Waals surface area (Å²) in [5, 5.41) is 6.98. The number of aldehydes is 1. The molecule has 1 saturated heterocycles. The van der Waals surface area contributed by atoms with Crippen LogP contribution in [0.15, 0.2) is 119 Å². The number of benzene rings is 4. The monoisotopic (exact) mass is 684 g/mol. The van der Waals surface area contributed by atoms with Crippen molar-refractivity contribution in [3.05, 3.63) is 152 Å². The second kappa shape index (κ2) is 15.6. The van der Waals surface area contributed by atoms with Crippen LogP contribution in [0.5, 0.6) is 0 Å². The van der Waals surface area contributed by atoms with E-state index in [9.17, 15) is 24.0 Å². The Bertz CT molecular complexity index is 2350. The molecule has 2 aromatic heterocycles. The van der Waals surface area contributed by atoms with E-state index in [1.165, 1.54) is 16.7 Å². The Morgan fingerprint density at radius 2 is 1.12 bits per heavy atom. The van der Waals surface area contributed by atoms with Crippen molar-refractivity contribution in [2.45, 2.75) is 33.2 Å². The van der Waals surface area contributed by atoms with Gasteiger partial charge in [-0.25, -0.2) is 0 Å². The minimum absolute atomic E-state index is 0.0423. The third-order valence-electron chi connectivity index (χ3n) is 8.37. The number of nitrogens with zero attached hydrogens (tertiary/aromatic N) is 2. The van der Waals surface area contributed by atoms with Gasteiger partial charge in [0.15, 0.2) is 6.29 Å². The van der Waals surface area contributed by atoms with Gasteiger partial charge in [0.25, 0.3) is 22.9 Å². The summed E-state index contributed by atoms with van der Waals surface area (Å²) < 4.78 is 14.0. The molecule has 0 radical (unpaired) electrons. The quantitative estimate of drug-likeness (QED) is 0.196. The van der Waals surface area contributed by atoms with E-state index < -0.39 is 6.29 Å². The van der Waals surface area contributed by atoms with Crippen molar-refractivity contribution in [1.82, 2.24) is 9.13 Å². The fraction of sp³-hybridized carbons (Fsp3) is 0.175. The zero-order valence-corrected chi connectivity index (χ0v) is 28.1. The minimum Gasteiger partial charge on any atom is -0.348 e. The van der Waals surface area contributed by atoms with Crippen LogP contribution in [0.3, 0.4) is 0 Å². The molecule has 0 aliphatic carbocycles. The summed E-state index contributed by atoms with van der Waals surface area (Å²) in [5.41, 5.74) is 4.56. The van der Waals surface area contributed by atoms with Crippen molar-refractivity contribution in [1.29, 1.82) is 0 Å². The standard InChI is InChI=1S/C21H20N2O4.C19H16N2O3/c1-14-7-8-16-17(21(25)22-15-5-3-2-4-6-15)12-19(24)23(18(16)11-14)13-20-26-9-10-27-20;1-13-7-8-15-16(19(24)20-14-5-3-2-4-6-14)12-18(23)21(9-10-22)17(15)11-13/h2-8,11-12,20H,9-10,13H2,1H3,(H,22,25);2-8,10-12H,9H2,1H3,(H,20,24). The first-order valence-electron chi connectivity index (χ1n) is 16.4. The third kappa shape index (κ3) is 8.01. The van der Waals surface area contributed by atoms with Crippen LogP contribution in [0.4, 0.5) is 11.4 Å². The third-order valence-corrected chi connectivity index (χ3v) is 8.37. The summed E-state index contributed by atoms with van der Waals surface area (Å²) in [4.78, 5) is 61.4. The van der Waals surface area contributed by atoms with Crippen LogP contribution in [0, 0.1) is 13.8 Å². The largest absolute Gasteiger partial charge is 0.348 e. The average molecular weight is 685 g/mol. The summed E-state index contributed by atoms with van der Waals surface area (Å²) >= 11 is 0. The van der Waals surface area contributed by atoms with Gasteiger partial charge in [-0.1, -0.05) is 60.7 Å². The molecule has 0 bridgehead atoms. The number of amides is 2. The number of aromatic nitrogens is 2. The Kier molecular flexibility index (Phi) is 10.6. The van der Waals surface area contributed by atoms with E-state index in [1.54, 1.807) is 41.0 Å². The number of anilines is 2. The maximum absolute atomic E-state index is 12.8. The van der Waals surface area contributed by atoms with E-state index in [0.29, 0.717) is 70.4 Å². The molecule has 1 fully saturated rings. The summed E-state index contributed by atoms with van der Waals surface area (Å²) in [6.07, 6.45) is 0.225. The number of pyridine rings is 2. The van der Waals surface area contributed by atoms with E-state index in [2.05, 4.69) is 10.6 Å². The highest BCUT2D eigenvalue weighted by Gasteiger charge is 2.21. The molecule has 3 heterocycles. The fourth-order valence-corrected chi connectivity index (χ4v) is 5.91. The smallest absolute Gasteiger partial charge is 0.256 e. The van der Waals surface area contributed by atoms with Gasteiger partial charge in [-0.15, -0.1) is 0 Å². The molecule has 258 valence electrons. The van der Waals surface area contributed by atoms with Crippen molar-refractivity contribution < 1.29 is 23.9 Å². The number of aryl methyl sites for hydroxylation is 2. The topological polar surface area (TPSA) is 138 Å². The second-order valence-electron chi connectivity index (χ2n) is 12.0. The SMILES string of the molecule is Cc1ccc2c(C(=O)Nc3ccccc3)cc(=O)n(CC3OCCO3)c2c1.Cc1ccc2c(C(=O)Nc3ccccc3)cc(=O)n(CC=O)c2c1. The van der Waals surface area contributed by atoms with Gasteiger partial charge in [-0.3, -0.25) is 19.2 Å². The molecule has 0 saturated carbocycles. The van der Waals surface area contributed by atoms with Gasteiger partial charge in [0.2, 0.25) is 0 Å². The highest BCUT2D eigenvalue weighted by Crippen LogP contribution is 2.22. The van der Waals surface area contributed by atoms with Gasteiger partial charge in [0.1, 0.15) is 6.29 Å². The molecule has 1 aliphatic rings. The van der Waals surface area contributed by atoms with Crippen LogP contribution in [0.2, 0.25) is 0 Å². The Balaban J connectivity index is 0.000000177. The lowest BCUT2D eigenvalue weighted by atomic mass is 10.1. The maximum Gasteiger partial charge on any atom is 0.256 e. The number of rotatable bonds is 8. The number of carbonyl (C=O) groups excluding carboxylic acids is 3. The van der Waals surface area contributed by atoms with E-state index in [4.69, 9.17) is 9.47 Å². The Morgan fingerprint density at radius 1 is 0.667 bits per heavy atom. The molecule has 7 rings (SSSR count). The molecule has 1 aliphatic heterocycles. The van der Waals surface area contributed by atoms with Crippen molar-refractivity contribution >= 4 is 51.3 Å². The zero-order valence-electron chi connectivity index (χ0n) is 28.1. The van der Waals surface area contributed by atoms with E-state index in [0.717, 1.165) is 11.1 Å². The van der Waals surface area contributed by atoms with Crippen molar-refractivity contribution in [3.63, 3.8) is 0 Å². The highest BCUT2D eigenvalue weighted by molar-refractivity contribution is 6.13. The fourth-order valence-electron chi connectivity index (χ4n) is 5.91. The molecule has 2 N–H and O–H groups in total.